The summed E-state index contributed by atoms with van der Waals surface area (Å²) in [6, 6.07) is 14.9. The number of fused-ring (bicyclic) bond motifs is 1. The second kappa shape index (κ2) is 9.26. The van der Waals surface area contributed by atoms with Crippen LogP contribution in [0.1, 0.15) is 5.69 Å². The van der Waals surface area contributed by atoms with Gasteiger partial charge in [0.2, 0.25) is 5.91 Å². The Hall–Kier alpha value is -2.97. The first-order valence-corrected chi connectivity index (χ1v) is 11.2. The van der Waals surface area contributed by atoms with E-state index in [0.717, 1.165) is 63.4 Å². The molecule has 0 saturated carbocycles. The predicted molar refractivity (Wildman–Crippen MR) is 121 cm³/mol. The van der Waals surface area contributed by atoms with Gasteiger partial charge in [-0.05, 0) is 24.3 Å². The fourth-order valence-electron chi connectivity index (χ4n) is 4.54. The summed E-state index contributed by atoms with van der Waals surface area (Å²) in [5.74, 6) is -0.101. The predicted octanol–water partition coefficient (Wildman–Crippen LogP) is 2.43. The molecule has 2 aromatic carbocycles. The van der Waals surface area contributed by atoms with Gasteiger partial charge < -0.3 is 14.3 Å². The standard InChI is InChI=1S/C24H28FN5O2/c25-19-6-7-21-22(26-32-23(21)16-19)17-27-8-10-28(11-9-27)18-24(31)30-14-12-29(13-15-30)20-4-2-1-3-5-20/h1-7,16H,8-15,17-18H2. The van der Waals surface area contributed by atoms with Crippen LogP contribution in [0.15, 0.2) is 53.1 Å². The topological polar surface area (TPSA) is 56.1 Å². The van der Waals surface area contributed by atoms with E-state index >= 15 is 0 Å². The fourth-order valence-corrected chi connectivity index (χ4v) is 4.54. The average Bonchev–Trinajstić information content (AvgIpc) is 3.22. The van der Waals surface area contributed by atoms with Crippen LogP contribution in [0.25, 0.3) is 11.0 Å². The molecule has 2 fully saturated rings. The van der Waals surface area contributed by atoms with E-state index < -0.39 is 0 Å². The summed E-state index contributed by atoms with van der Waals surface area (Å²) in [6.07, 6.45) is 0. The molecule has 0 aliphatic carbocycles. The number of nitrogens with zero attached hydrogens (tertiary/aromatic N) is 5. The Morgan fingerprint density at radius 1 is 0.906 bits per heavy atom. The lowest BCUT2D eigenvalue weighted by atomic mass is 10.2. The highest BCUT2D eigenvalue weighted by atomic mass is 19.1. The Balaban J connectivity index is 1.08. The SMILES string of the molecule is O=C(CN1CCN(Cc2noc3cc(F)ccc23)CC1)N1CCN(c2ccccc2)CC1. The minimum Gasteiger partial charge on any atom is -0.368 e. The van der Waals surface area contributed by atoms with E-state index in [1.807, 2.05) is 11.0 Å². The van der Waals surface area contributed by atoms with Crippen LogP contribution >= 0.6 is 0 Å². The van der Waals surface area contributed by atoms with Crippen molar-refractivity contribution >= 4 is 22.6 Å². The Morgan fingerprint density at radius 2 is 1.62 bits per heavy atom. The summed E-state index contributed by atoms with van der Waals surface area (Å²) in [4.78, 5) is 21.7. The Kier molecular flexibility index (Phi) is 6.05. The van der Waals surface area contributed by atoms with Crippen molar-refractivity contribution in [2.75, 3.05) is 63.8 Å². The number of carbonyl (C=O) groups is 1. The van der Waals surface area contributed by atoms with Gasteiger partial charge in [0.25, 0.3) is 0 Å². The molecule has 1 amide bonds. The molecule has 0 bridgehead atoms. The van der Waals surface area contributed by atoms with Gasteiger partial charge in [0.05, 0.1) is 6.54 Å². The van der Waals surface area contributed by atoms with Gasteiger partial charge >= 0.3 is 0 Å². The second-order valence-corrected chi connectivity index (χ2v) is 8.53. The molecule has 1 aromatic heterocycles. The zero-order valence-corrected chi connectivity index (χ0v) is 18.1. The summed E-state index contributed by atoms with van der Waals surface area (Å²) in [5, 5.41) is 4.99. The third-order valence-electron chi connectivity index (χ3n) is 6.46. The van der Waals surface area contributed by atoms with Gasteiger partial charge in [0.15, 0.2) is 5.58 Å². The molecule has 8 heteroatoms. The molecular formula is C24H28FN5O2. The smallest absolute Gasteiger partial charge is 0.236 e. The van der Waals surface area contributed by atoms with Crippen LogP contribution in [0.4, 0.5) is 10.1 Å². The molecule has 2 aliphatic rings. The van der Waals surface area contributed by atoms with Crippen molar-refractivity contribution in [3.63, 3.8) is 0 Å². The van der Waals surface area contributed by atoms with Crippen LogP contribution < -0.4 is 4.90 Å². The molecule has 2 saturated heterocycles. The lowest BCUT2D eigenvalue weighted by Crippen LogP contribution is -2.53. The number of carbonyl (C=O) groups excluding carboxylic acids is 1. The third-order valence-corrected chi connectivity index (χ3v) is 6.46. The van der Waals surface area contributed by atoms with Crippen molar-refractivity contribution in [2.24, 2.45) is 0 Å². The lowest BCUT2D eigenvalue weighted by molar-refractivity contribution is -0.133. The first-order valence-electron chi connectivity index (χ1n) is 11.2. The zero-order chi connectivity index (χ0) is 21.9. The largest absolute Gasteiger partial charge is 0.368 e. The molecule has 3 heterocycles. The van der Waals surface area contributed by atoms with E-state index in [1.54, 1.807) is 6.07 Å². The van der Waals surface area contributed by atoms with Crippen LogP contribution in [-0.2, 0) is 11.3 Å². The maximum absolute atomic E-state index is 13.3. The highest BCUT2D eigenvalue weighted by molar-refractivity contribution is 5.79. The Labute approximate surface area is 187 Å². The van der Waals surface area contributed by atoms with E-state index in [2.05, 4.69) is 44.1 Å². The summed E-state index contributed by atoms with van der Waals surface area (Å²) < 4.78 is 18.6. The average molecular weight is 438 g/mol. The van der Waals surface area contributed by atoms with Crippen molar-refractivity contribution in [1.29, 1.82) is 0 Å². The molecule has 0 atom stereocenters. The highest BCUT2D eigenvalue weighted by Gasteiger charge is 2.25. The van der Waals surface area contributed by atoms with Crippen LogP contribution in [0.2, 0.25) is 0 Å². The molecule has 0 N–H and O–H groups in total. The van der Waals surface area contributed by atoms with E-state index in [4.69, 9.17) is 4.52 Å². The maximum atomic E-state index is 13.3. The van der Waals surface area contributed by atoms with E-state index in [1.165, 1.54) is 17.8 Å². The van der Waals surface area contributed by atoms with Gasteiger partial charge in [-0.3, -0.25) is 14.6 Å². The summed E-state index contributed by atoms with van der Waals surface area (Å²) >= 11 is 0. The third kappa shape index (κ3) is 4.61. The summed E-state index contributed by atoms with van der Waals surface area (Å²) in [7, 11) is 0. The fraction of sp³-hybridized carbons (Fsp3) is 0.417. The molecular weight excluding hydrogens is 409 g/mol. The first kappa shape index (κ1) is 20.9. The van der Waals surface area contributed by atoms with Crippen LogP contribution in [0.5, 0.6) is 0 Å². The van der Waals surface area contributed by atoms with Gasteiger partial charge in [0, 0.05) is 76.0 Å². The normalized spacial score (nSPS) is 18.4. The number of benzene rings is 2. The number of hydrogen-bond acceptors (Lipinski definition) is 6. The molecule has 3 aromatic rings. The Morgan fingerprint density at radius 3 is 2.38 bits per heavy atom. The number of halogens is 1. The van der Waals surface area contributed by atoms with Crippen molar-refractivity contribution in [1.82, 2.24) is 19.9 Å². The minimum atomic E-state index is -0.319. The van der Waals surface area contributed by atoms with E-state index in [0.29, 0.717) is 18.7 Å². The number of rotatable bonds is 5. The van der Waals surface area contributed by atoms with Crippen molar-refractivity contribution in [3.05, 3.63) is 60.0 Å². The number of anilines is 1. The first-order chi connectivity index (χ1) is 15.7. The van der Waals surface area contributed by atoms with Crippen LogP contribution in [0, 0.1) is 5.82 Å². The molecule has 2 aliphatic heterocycles. The number of aromatic nitrogens is 1. The number of hydrogen-bond donors (Lipinski definition) is 0. The number of amides is 1. The molecule has 5 rings (SSSR count). The van der Waals surface area contributed by atoms with Crippen molar-refractivity contribution in [2.45, 2.75) is 6.54 Å². The van der Waals surface area contributed by atoms with Gasteiger partial charge in [-0.2, -0.15) is 0 Å². The van der Waals surface area contributed by atoms with Crippen molar-refractivity contribution in [3.8, 4) is 0 Å². The summed E-state index contributed by atoms with van der Waals surface area (Å²) in [5.41, 5.74) is 2.54. The zero-order valence-electron chi connectivity index (χ0n) is 18.1. The number of piperazine rings is 2. The van der Waals surface area contributed by atoms with Crippen LogP contribution in [-0.4, -0.2) is 84.7 Å². The molecule has 0 spiro atoms. The van der Waals surface area contributed by atoms with Crippen LogP contribution in [0.3, 0.4) is 0 Å². The van der Waals surface area contributed by atoms with Crippen molar-refractivity contribution < 1.29 is 13.7 Å². The lowest BCUT2D eigenvalue weighted by Gasteiger charge is -2.38. The number of para-hydroxylation sites is 1. The highest BCUT2D eigenvalue weighted by Crippen LogP contribution is 2.21. The molecule has 168 valence electrons. The molecule has 0 radical (unpaired) electrons. The quantitative estimate of drug-likeness (QED) is 0.611. The molecule has 0 unspecified atom stereocenters. The second-order valence-electron chi connectivity index (χ2n) is 8.53. The maximum Gasteiger partial charge on any atom is 0.236 e. The van der Waals surface area contributed by atoms with Gasteiger partial charge in [0.1, 0.15) is 11.5 Å². The van der Waals surface area contributed by atoms with E-state index in [-0.39, 0.29) is 11.7 Å². The Bertz CT molecular complexity index is 1060. The minimum absolute atomic E-state index is 0.218. The molecule has 7 nitrogen and oxygen atoms in total. The van der Waals surface area contributed by atoms with Gasteiger partial charge in [-0.25, -0.2) is 4.39 Å². The summed E-state index contributed by atoms with van der Waals surface area (Å²) in [6.45, 7) is 7.86. The van der Waals surface area contributed by atoms with Gasteiger partial charge in [-0.15, -0.1) is 0 Å². The van der Waals surface area contributed by atoms with E-state index in [9.17, 15) is 9.18 Å². The molecule has 32 heavy (non-hydrogen) atoms. The monoisotopic (exact) mass is 437 g/mol. The van der Waals surface area contributed by atoms with Gasteiger partial charge in [-0.1, -0.05) is 23.4 Å².